The smallest absolute Gasteiger partial charge is 0.137 e. The van der Waals surface area contributed by atoms with Gasteiger partial charge >= 0.3 is 0 Å². The predicted octanol–water partition coefficient (Wildman–Crippen LogP) is 3.90. The van der Waals surface area contributed by atoms with Gasteiger partial charge in [-0.25, -0.2) is 4.98 Å². The zero-order chi connectivity index (χ0) is 12.4. The van der Waals surface area contributed by atoms with Gasteiger partial charge in [0.05, 0.1) is 11.9 Å². The Kier molecular flexibility index (Phi) is 2.94. The number of halogens is 1. The van der Waals surface area contributed by atoms with Crippen LogP contribution in [0.15, 0.2) is 59.5 Å². The van der Waals surface area contributed by atoms with Gasteiger partial charge in [-0.3, -0.25) is 4.98 Å². The lowest BCUT2D eigenvalue weighted by Crippen LogP contribution is -1.81. The minimum absolute atomic E-state index is 0.862. The van der Waals surface area contributed by atoms with E-state index in [0.29, 0.717) is 0 Å². The summed E-state index contributed by atoms with van der Waals surface area (Å²) in [5.74, 6) is 0.862. The quantitative estimate of drug-likeness (QED) is 0.780. The number of benzene rings is 1. The maximum Gasteiger partial charge on any atom is 0.137 e. The summed E-state index contributed by atoms with van der Waals surface area (Å²) in [6.07, 6.45) is 5.41. The standard InChI is InChI=1S/C14H10BrN3/c15-12-5-3-10(4-6-12)14-17-9-13(18-14)11-2-1-7-16-8-11/h1-9H,(H,17,18). The summed E-state index contributed by atoms with van der Waals surface area (Å²) in [6, 6.07) is 12.0. The molecule has 3 aromatic rings. The molecule has 2 heterocycles. The Balaban J connectivity index is 1.97. The molecule has 88 valence electrons. The first-order valence-electron chi connectivity index (χ1n) is 5.54. The van der Waals surface area contributed by atoms with Crippen molar-refractivity contribution in [1.82, 2.24) is 15.0 Å². The van der Waals surface area contributed by atoms with Gasteiger partial charge in [0, 0.05) is 28.0 Å². The van der Waals surface area contributed by atoms with E-state index >= 15 is 0 Å². The van der Waals surface area contributed by atoms with Crippen LogP contribution < -0.4 is 0 Å². The Morgan fingerprint density at radius 2 is 1.78 bits per heavy atom. The van der Waals surface area contributed by atoms with E-state index in [0.717, 1.165) is 27.1 Å². The van der Waals surface area contributed by atoms with Crippen LogP contribution in [0.25, 0.3) is 22.6 Å². The molecule has 0 saturated carbocycles. The third-order valence-electron chi connectivity index (χ3n) is 2.67. The minimum Gasteiger partial charge on any atom is -0.338 e. The van der Waals surface area contributed by atoms with Crippen LogP contribution in [0.1, 0.15) is 0 Å². The maximum atomic E-state index is 4.39. The van der Waals surface area contributed by atoms with E-state index in [1.165, 1.54) is 0 Å². The van der Waals surface area contributed by atoms with Crippen molar-refractivity contribution >= 4 is 15.9 Å². The van der Waals surface area contributed by atoms with E-state index in [-0.39, 0.29) is 0 Å². The molecule has 4 heteroatoms. The van der Waals surface area contributed by atoms with Gasteiger partial charge in [0.25, 0.3) is 0 Å². The van der Waals surface area contributed by atoms with Crippen molar-refractivity contribution in [3.05, 3.63) is 59.5 Å². The average molecular weight is 300 g/mol. The van der Waals surface area contributed by atoms with E-state index < -0.39 is 0 Å². The summed E-state index contributed by atoms with van der Waals surface area (Å²) in [4.78, 5) is 11.8. The highest BCUT2D eigenvalue weighted by molar-refractivity contribution is 9.10. The number of H-pyrrole nitrogens is 1. The molecule has 1 N–H and O–H groups in total. The molecular formula is C14H10BrN3. The fraction of sp³-hybridized carbons (Fsp3) is 0. The lowest BCUT2D eigenvalue weighted by Gasteiger charge is -1.97. The van der Waals surface area contributed by atoms with E-state index in [1.54, 1.807) is 6.20 Å². The van der Waals surface area contributed by atoms with Gasteiger partial charge in [-0.05, 0) is 24.3 Å². The average Bonchev–Trinajstić information content (AvgIpc) is 2.90. The zero-order valence-electron chi connectivity index (χ0n) is 9.47. The molecule has 0 spiro atoms. The molecule has 18 heavy (non-hydrogen) atoms. The summed E-state index contributed by atoms with van der Waals surface area (Å²) >= 11 is 3.42. The van der Waals surface area contributed by atoms with Crippen molar-refractivity contribution in [1.29, 1.82) is 0 Å². The highest BCUT2D eigenvalue weighted by Crippen LogP contribution is 2.22. The molecule has 3 nitrogen and oxygen atoms in total. The number of pyridine rings is 1. The Hall–Kier alpha value is -1.94. The van der Waals surface area contributed by atoms with Gasteiger partial charge in [-0.2, -0.15) is 0 Å². The summed E-state index contributed by atoms with van der Waals surface area (Å²) in [6.45, 7) is 0. The number of rotatable bonds is 2. The summed E-state index contributed by atoms with van der Waals surface area (Å²) in [5, 5.41) is 0. The summed E-state index contributed by atoms with van der Waals surface area (Å²) < 4.78 is 1.06. The number of aromatic amines is 1. The molecular weight excluding hydrogens is 290 g/mol. The van der Waals surface area contributed by atoms with Crippen molar-refractivity contribution in [3.8, 4) is 22.6 Å². The number of nitrogens with zero attached hydrogens (tertiary/aromatic N) is 2. The second-order valence-corrected chi connectivity index (χ2v) is 4.81. The third-order valence-corrected chi connectivity index (χ3v) is 3.19. The van der Waals surface area contributed by atoms with Gasteiger partial charge in [0.2, 0.25) is 0 Å². The van der Waals surface area contributed by atoms with Crippen molar-refractivity contribution in [2.24, 2.45) is 0 Å². The first-order valence-corrected chi connectivity index (χ1v) is 6.33. The third kappa shape index (κ3) is 2.19. The number of aromatic nitrogens is 3. The van der Waals surface area contributed by atoms with Crippen molar-refractivity contribution in [2.75, 3.05) is 0 Å². The molecule has 0 aliphatic rings. The van der Waals surface area contributed by atoms with Crippen LogP contribution in [0.4, 0.5) is 0 Å². The first kappa shape index (κ1) is 11.2. The highest BCUT2D eigenvalue weighted by atomic mass is 79.9. The predicted molar refractivity (Wildman–Crippen MR) is 75.0 cm³/mol. The normalized spacial score (nSPS) is 10.5. The van der Waals surface area contributed by atoms with E-state index in [1.807, 2.05) is 48.8 Å². The van der Waals surface area contributed by atoms with Gasteiger partial charge in [0.1, 0.15) is 5.82 Å². The summed E-state index contributed by atoms with van der Waals surface area (Å²) in [5.41, 5.74) is 3.07. The molecule has 3 rings (SSSR count). The number of imidazole rings is 1. The van der Waals surface area contributed by atoms with E-state index in [4.69, 9.17) is 0 Å². The van der Waals surface area contributed by atoms with Gasteiger partial charge in [-0.1, -0.05) is 28.1 Å². The Labute approximate surface area is 113 Å². The molecule has 0 radical (unpaired) electrons. The van der Waals surface area contributed by atoms with Crippen molar-refractivity contribution in [2.45, 2.75) is 0 Å². The van der Waals surface area contributed by atoms with Crippen LogP contribution in [0.2, 0.25) is 0 Å². The molecule has 0 unspecified atom stereocenters. The van der Waals surface area contributed by atoms with Crippen molar-refractivity contribution in [3.63, 3.8) is 0 Å². The number of hydrogen-bond acceptors (Lipinski definition) is 2. The number of hydrogen-bond donors (Lipinski definition) is 1. The fourth-order valence-electron chi connectivity index (χ4n) is 1.74. The molecule has 2 aromatic heterocycles. The largest absolute Gasteiger partial charge is 0.338 e. The van der Waals surface area contributed by atoms with Crippen LogP contribution in [-0.2, 0) is 0 Å². The Morgan fingerprint density at radius 3 is 2.50 bits per heavy atom. The monoisotopic (exact) mass is 299 g/mol. The SMILES string of the molecule is Brc1ccc(-c2ncc(-c3cccnc3)[nH]2)cc1. The van der Waals surface area contributed by atoms with Crippen LogP contribution in [0, 0.1) is 0 Å². The molecule has 0 bridgehead atoms. The Morgan fingerprint density at radius 1 is 0.944 bits per heavy atom. The van der Waals surface area contributed by atoms with Crippen LogP contribution >= 0.6 is 15.9 Å². The second-order valence-electron chi connectivity index (χ2n) is 3.89. The number of nitrogens with one attached hydrogen (secondary N) is 1. The van der Waals surface area contributed by atoms with Crippen LogP contribution in [-0.4, -0.2) is 15.0 Å². The van der Waals surface area contributed by atoms with Gasteiger partial charge < -0.3 is 4.98 Å². The van der Waals surface area contributed by atoms with E-state index in [2.05, 4.69) is 30.9 Å². The van der Waals surface area contributed by atoms with Gasteiger partial charge in [0.15, 0.2) is 0 Å². The molecule has 0 saturated heterocycles. The second kappa shape index (κ2) is 4.74. The molecule has 0 fully saturated rings. The van der Waals surface area contributed by atoms with Gasteiger partial charge in [-0.15, -0.1) is 0 Å². The maximum absolute atomic E-state index is 4.39. The minimum atomic E-state index is 0.862. The molecule has 1 aromatic carbocycles. The Bertz CT molecular complexity index is 644. The lowest BCUT2D eigenvalue weighted by molar-refractivity contribution is 1.29. The van der Waals surface area contributed by atoms with Crippen LogP contribution in [0.3, 0.4) is 0 Å². The fourth-order valence-corrected chi connectivity index (χ4v) is 2.01. The highest BCUT2D eigenvalue weighted by Gasteiger charge is 2.05. The van der Waals surface area contributed by atoms with E-state index in [9.17, 15) is 0 Å². The molecule has 0 amide bonds. The topological polar surface area (TPSA) is 41.6 Å². The first-order chi connectivity index (χ1) is 8.83. The summed E-state index contributed by atoms with van der Waals surface area (Å²) in [7, 11) is 0. The molecule has 0 aliphatic heterocycles. The van der Waals surface area contributed by atoms with Crippen molar-refractivity contribution < 1.29 is 0 Å². The molecule has 0 aliphatic carbocycles. The zero-order valence-corrected chi connectivity index (χ0v) is 11.1. The lowest BCUT2D eigenvalue weighted by atomic mass is 10.2. The van der Waals surface area contributed by atoms with Crippen LogP contribution in [0.5, 0.6) is 0 Å². The molecule has 0 atom stereocenters.